The van der Waals surface area contributed by atoms with Crippen molar-refractivity contribution in [3.05, 3.63) is 227 Å². The molecule has 0 aliphatic rings. The summed E-state index contributed by atoms with van der Waals surface area (Å²) >= 11 is 3.70. The number of nitrogens with one attached hydrogen (secondary N) is 1. The highest BCUT2D eigenvalue weighted by Crippen LogP contribution is 2.31. The molecule has 6 aromatic carbocycles. The number of hydrogen-bond donors (Lipinski definition) is 1. The van der Waals surface area contributed by atoms with Crippen molar-refractivity contribution in [2.75, 3.05) is 0 Å². The zero-order valence-electron chi connectivity index (χ0n) is 51.3. The van der Waals surface area contributed by atoms with Crippen molar-refractivity contribution in [2.24, 2.45) is 0 Å². The van der Waals surface area contributed by atoms with Gasteiger partial charge in [0.25, 0.3) is 0 Å². The Kier molecular flexibility index (Phi) is 21.6. The Hall–Kier alpha value is -8.19. The summed E-state index contributed by atoms with van der Waals surface area (Å²) in [4.78, 5) is 18.1. The van der Waals surface area contributed by atoms with Gasteiger partial charge >= 0.3 is 0 Å². The van der Waals surface area contributed by atoms with Gasteiger partial charge in [0.1, 0.15) is 22.7 Å². The number of rotatable bonds is 7. The van der Waals surface area contributed by atoms with E-state index in [0.29, 0.717) is 41.5 Å². The van der Waals surface area contributed by atoms with E-state index in [1.165, 1.54) is 41.0 Å². The molecule has 0 fully saturated rings. The van der Waals surface area contributed by atoms with E-state index in [1.807, 2.05) is 130 Å². The topological polar surface area (TPSA) is 116 Å². The highest BCUT2D eigenvalue weighted by atomic mass is 32.1. The van der Waals surface area contributed by atoms with Gasteiger partial charge in [0.15, 0.2) is 11.5 Å². The van der Waals surface area contributed by atoms with Crippen molar-refractivity contribution in [2.45, 2.75) is 138 Å². The van der Waals surface area contributed by atoms with Crippen LogP contribution >= 0.6 is 22.7 Å². The van der Waals surface area contributed by atoms with Crippen LogP contribution in [0, 0.1) is 0 Å². The lowest BCUT2D eigenvalue weighted by Crippen LogP contribution is -1.99. The van der Waals surface area contributed by atoms with Crippen molar-refractivity contribution >= 4 is 92.5 Å². The molecule has 14 aromatic rings. The van der Waals surface area contributed by atoms with E-state index in [-0.39, 0.29) is 0 Å². The Bertz CT molecular complexity index is 3260. The highest BCUT2D eigenvalue weighted by Gasteiger charge is 2.10. The Morgan fingerprint density at radius 2 is 1.04 bits per heavy atom. The average molecular weight is 1160 g/mol. The number of aromatic nitrogens is 8. The fraction of sp³-hybridized carbons (Fsp3) is 0.292. The first-order valence-corrected chi connectivity index (χ1v) is 31.0. The van der Waals surface area contributed by atoms with Crippen LogP contribution in [0.15, 0.2) is 203 Å². The predicted octanol–water partition coefficient (Wildman–Crippen LogP) is 21.7. The molecule has 0 unspecified atom stereocenters. The molecule has 0 aliphatic carbocycles. The zero-order valence-corrected chi connectivity index (χ0v) is 52.9. The van der Waals surface area contributed by atoms with Gasteiger partial charge in [-0.1, -0.05) is 180 Å². The first kappa shape index (κ1) is 61.9. The van der Waals surface area contributed by atoms with E-state index in [1.54, 1.807) is 11.3 Å². The Labute approximate surface area is 503 Å². The highest BCUT2D eigenvalue weighted by molar-refractivity contribution is 7.19. The Balaban J connectivity index is 0.000000128. The summed E-state index contributed by atoms with van der Waals surface area (Å²) in [6.07, 6.45) is 4.06. The third-order valence-electron chi connectivity index (χ3n) is 13.5. The predicted molar refractivity (Wildman–Crippen MR) is 358 cm³/mol. The summed E-state index contributed by atoms with van der Waals surface area (Å²) in [5.41, 5.74) is 9.52. The molecule has 0 saturated heterocycles. The number of furan rings is 1. The summed E-state index contributed by atoms with van der Waals surface area (Å²) in [6.45, 7) is 30.1. The van der Waals surface area contributed by atoms with Crippen molar-refractivity contribution < 1.29 is 8.83 Å². The second-order valence-electron chi connectivity index (χ2n) is 22.9. The van der Waals surface area contributed by atoms with Gasteiger partial charge in [0, 0.05) is 62.5 Å². The molecular weight excluding hydrogens is 1070 g/mol. The van der Waals surface area contributed by atoms with E-state index in [2.05, 4.69) is 212 Å². The van der Waals surface area contributed by atoms with Gasteiger partial charge in [-0.25, -0.2) is 19.5 Å². The second kappa shape index (κ2) is 29.4. The van der Waals surface area contributed by atoms with Gasteiger partial charge in [0.05, 0.1) is 43.0 Å². The molecule has 0 spiro atoms. The summed E-state index contributed by atoms with van der Waals surface area (Å²) in [5, 5.41) is 13.9. The number of pyridine rings is 1. The van der Waals surface area contributed by atoms with Crippen molar-refractivity contribution in [1.29, 1.82) is 0 Å². The molecule has 10 nitrogen and oxygen atoms in total. The Morgan fingerprint density at radius 1 is 0.429 bits per heavy atom. The van der Waals surface area contributed by atoms with Crippen LogP contribution < -0.4 is 0 Å². The monoisotopic (exact) mass is 1150 g/mol. The van der Waals surface area contributed by atoms with Crippen LogP contribution in [0.2, 0.25) is 0 Å². The summed E-state index contributed by atoms with van der Waals surface area (Å²) in [6, 6.07) is 62.1. The lowest BCUT2D eigenvalue weighted by molar-refractivity contribution is 0.501. The maximum Gasteiger partial charge on any atom is 0.198 e. The quantitative estimate of drug-likeness (QED) is 0.169. The number of H-pyrrole nitrogens is 1. The second-order valence-corrected chi connectivity index (χ2v) is 25.1. The number of aromatic amines is 1. The maximum absolute atomic E-state index is 5.63. The van der Waals surface area contributed by atoms with Crippen LogP contribution in [0.5, 0.6) is 0 Å². The minimum Gasteiger partial charge on any atom is -0.461 e. The number of oxazole rings is 1. The van der Waals surface area contributed by atoms with Crippen LogP contribution in [-0.4, -0.2) is 39.3 Å². The van der Waals surface area contributed by atoms with Crippen LogP contribution in [-0.2, 0) is 0 Å². The summed E-state index contributed by atoms with van der Waals surface area (Å²) < 4.78 is 17.7. The number of nitrogens with zero attached hydrogens (tertiary/aromatic N) is 7. The number of thiazole rings is 1. The molecule has 12 heteroatoms. The standard InChI is InChI=1S/C11H12O.C11H12S.3C10H12N2.C10H11NO.C10H11NS/c2*1-8(2)11-7-9-5-3-4-6-10(9)12-11;1-8(2)10-7-9-5-3-4-6-12(9)11-10;1-8(2)12-7-9-5-3-4-6-10(9)11-12;3*1-7(2)10-11-8-5-3-4-6-9(8)12-10/h4*3-8H,1-2H3;3-7H,1-2H3,(H,11,12);2*3-7H,1-2H3. The summed E-state index contributed by atoms with van der Waals surface area (Å²) in [5.74, 6) is 5.95. The zero-order chi connectivity index (χ0) is 59.9. The third kappa shape index (κ3) is 16.8. The molecule has 0 bridgehead atoms. The van der Waals surface area contributed by atoms with Crippen molar-refractivity contribution in [3.8, 4) is 0 Å². The lowest BCUT2D eigenvalue weighted by atomic mass is 10.1. The molecule has 84 heavy (non-hydrogen) atoms. The molecular formula is C72H82N8O2S2. The molecule has 14 rings (SSSR count). The van der Waals surface area contributed by atoms with Gasteiger partial charge in [0.2, 0.25) is 0 Å². The van der Waals surface area contributed by atoms with Crippen LogP contribution in [0.4, 0.5) is 0 Å². The fourth-order valence-corrected chi connectivity index (χ4v) is 10.6. The molecule has 0 atom stereocenters. The van der Waals surface area contributed by atoms with Crippen molar-refractivity contribution in [1.82, 2.24) is 39.3 Å². The van der Waals surface area contributed by atoms with E-state index < -0.39 is 0 Å². The Morgan fingerprint density at radius 3 is 1.62 bits per heavy atom. The first-order valence-electron chi connectivity index (χ1n) is 29.4. The van der Waals surface area contributed by atoms with Gasteiger partial charge in [-0.3, -0.25) is 4.68 Å². The SMILES string of the molecule is CC(C)c1cc2ccccc2o1.CC(C)c1cc2ccccc2s1.CC(C)c1cc2ccccn2n1.CC(C)c1nc2ccccc2[nH]1.CC(C)c1nc2ccccc2o1.CC(C)c1nc2ccccc2s1.CC(C)n1cc2ccccc2n1. The normalized spacial score (nSPS) is 11.2. The third-order valence-corrected chi connectivity index (χ3v) is 16.3. The van der Waals surface area contributed by atoms with Crippen molar-refractivity contribution in [3.63, 3.8) is 0 Å². The average Bonchev–Trinajstić information content (AvgIpc) is 4.57. The minimum absolute atomic E-state index is 0.359. The molecule has 0 aliphatic heterocycles. The van der Waals surface area contributed by atoms with Crippen LogP contribution in [0.3, 0.4) is 0 Å². The lowest BCUT2D eigenvalue weighted by Gasteiger charge is -2.02. The van der Waals surface area contributed by atoms with E-state index >= 15 is 0 Å². The molecule has 0 radical (unpaired) electrons. The number of benzene rings is 6. The van der Waals surface area contributed by atoms with E-state index in [9.17, 15) is 0 Å². The molecule has 0 amide bonds. The molecule has 8 aromatic heterocycles. The first-order chi connectivity index (χ1) is 40.4. The molecule has 0 saturated carbocycles. The van der Waals surface area contributed by atoms with E-state index in [0.717, 1.165) is 61.9 Å². The smallest absolute Gasteiger partial charge is 0.198 e. The maximum atomic E-state index is 5.63. The van der Waals surface area contributed by atoms with Crippen LogP contribution in [0.25, 0.3) is 69.8 Å². The summed E-state index contributed by atoms with van der Waals surface area (Å²) in [7, 11) is 0. The van der Waals surface area contributed by atoms with Gasteiger partial charge in [-0.2, -0.15) is 10.2 Å². The number of fused-ring (bicyclic) bond motifs is 7. The largest absolute Gasteiger partial charge is 0.461 e. The number of imidazole rings is 1. The van der Waals surface area contributed by atoms with Gasteiger partial charge in [-0.15, -0.1) is 22.7 Å². The number of para-hydroxylation sites is 6. The van der Waals surface area contributed by atoms with E-state index in [4.69, 9.17) is 8.83 Å². The fourth-order valence-electron chi connectivity index (χ4n) is 8.58. The minimum atomic E-state index is 0.359. The van der Waals surface area contributed by atoms with Gasteiger partial charge < -0.3 is 13.8 Å². The number of hydrogen-bond acceptors (Lipinski definition) is 9. The molecule has 434 valence electrons. The molecule has 8 heterocycles. The van der Waals surface area contributed by atoms with Crippen LogP contribution in [0.1, 0.15) is 172 Å². The van der Waals surface area contributed by atoms with Gasteiger partial charge in [-0.05, 0) is 116 Å². The number of thiophene rings is 1. The molecule has 1 N–H and O–H groups in total.